The van der Waals surface area contributed by atoms with Gasteiger partial charge in [-0.15, -0.1) is 0 Å². The van der Waals surface area contributed by atoms with Crippen LogP contribution < -0.4 is 11.2 Å². The van der Waals surface area contributed by atoms with Gasteiger partial charge in [0.2, 0.25) is 0 Å². The predicted molar refractivity (Wildman–Crippen MR) is 102 cm³/mol. The van der Waals surface area contributed by atoms with E-state index in [9.17, 15) is 19.8 Å². The molecule has 0 bridgehead atoms. The van der Waals surface area contributed by atoms with Crippen molar-refractivity contribution in [3.05, 3.63) is 26.7 Å². The molecule has 0 aliphatic carbocycles. The molecule has 1 aliphatic rings. The zero-order chi connectivity index (χ0) is 19.9. The van der Waals surface area contributed by atoms with Crippen molar-refractivity contribution in [3.63, 3.8) is 0 Å². The summed E-state index contributed by atoms with van der Waals surface area (Å²) in [7, 11) is 3.01. The van der Waals surface area contributed by atoms with E-state index in [1.807, 2.05) is 0 Å². The van der Waals surface area contributed by atoms with Crippen molar-refractivity contribution in [2.45, 2.75) is 39.5 Å². The number of piperidine rings is 1. The van der Waals surface area contributed by atoms with Gasteiger partial charge < -0.3 is 14.8 Å². The standard InChI is InChI=1S/C18H29N5O4/c1-11-5-12(2)7-22(6-11)9-14-19-16-15(23(14)8-13(25)10-24)17(26)21(4)18(27)20(16)3/h11-13,24-25H,5-10H2,1-4H3/t11-,12-,13-/m1/s1. The maximum atomic E-state index is 12.7. The molecule has 0 aromatic carbocycles. The van der Waals surface area contributed by atoms with Gasteiger partial charge in [0, 0.05) is 27.2 Å². The second-order valence-electron chi connectivity index (χ2n) is 7.99. The predicted octanol–water partition coefficient (Wildman–Crippen LogP) is -0.735. The number of aryl methyl sites for hydroxylation is 1. The molecule has 0 spiro atoms. The number of aromatic nitrogens is 4. The monoisotopic (exact) mass is 379 g/mol. The summed E-state index contributed by atoms with van der Waals surface area (Å²) in [6.07, 6.45) is 0.174. The van der Waals surface area contributed by atoms with Gasteiger partial charge in [0.05, 0.1) is 25.8 Å². The molecule has 0 unspecified atom stereocenters. The topological polar surface area (TPSA) is 106 Å². The van der Waals surface area contributed by atoms with Crippen LogP contribution >= 0.6 is 0 Å². The lowest BCUT2D eigenvalue weighted by molar-refractivity contribution is 0.0793. The fourth-order valence-corrected chi connectivity index (χ4v) is 4.20. The highest BCUT2D eigenvalue weighted by Gasteiger charge is 2.26. The van der Waals surface area contributed by atoms with Crippen LogP contribution in [0.3, 0.4) is 0 Å². The van der Waals surface area contributed by atoms with E-state index < -0.39 is 24.0 Å². The SMILES string of the molecule is C[C@@H]1C[C@@H](C)CN(Cc2nc3c(c(=O)n(C)c(=O)n3C)n2C[C@@H](O)CO)C1. The Hall–Kier alpha value is -1.97. The summed E-state index contributed by atoms with van der Waals surface area (Å²) >= 11 is 0. The average Bonchev–Trinajstić information content (AvgIpc) is 2.95. The van der Waals surface area contributed by atoms with E-state index in [1.165, 1.54) is 18.0 Å². The number of likely N-dealkylation sites (tertiary alicyclic amines) is 1. The fraction of sp³-hybridized carbons (Fsp3) is 0.722. The van der Waals surface area contributed by atoms with Gasteiger partial charge in [-0.2, -0.15) is 0 Å². The molecule has 2 aromatic heterocycles. The maximum Gasteiger partial charge on any atom is 0.332 e. The number of aliphatic hydroxyl groups is 2. The summed E-state index contributed by atoms with van der Waals surface area (Å²) in [5.41, 5.74) is -0.300. The number of aliphatic hydroxyl groups excluding tert-OH is 2. The number of fused-ring (bicyclic) bond motifs is 1. The molecule has 1 saturated heterocycles. The first-order valence-electron chi connectivity index (χ1n) is 9.39. The fourth-order valence-electron chi connectivity index (χ4n) is 4.20. The second-order valence-corrected chi connectivity index (χ2v) is 7.99. The first kappa shape index (κ1) is 19.8. The molecule has 0 amide bonds. The maximum absolute atomic E-state index is 12.7. The molecular weight excluding hydrogens is 350 g/mol. The highest BCUT2D eigenvalue weighted by molar-refractivity contribution is 5.71. The Bertz CT molecular complexity index is 934. The molecule has 3 rings (SSSR count). The molecule has 150 valence electrons. The number of hydrogen-bond donors (Lipinski definition) is 2. The zero-order valence-electron chi connectivity index (χ0n) is 16.4. The molecular formula is C18H29N5O4. The van der Waals surface area contributed by atoms with Crippen molar-refractivity contribution in [1.29, 1.82) is 0 Å². The Labute approximate surface area is 157 Å². The quantitative estimate of drug-likeness (QED) is 0.709. The number of rotatable bonds is 5. The summed E-state index contributed by atoms with van der Waals surface area (Å²) in [4.78, 5) is 31.9. The van der Waals surface area contributed by atoms with Gasteiger partial charge in [-0.25, -0.2) is 9.78 Å². The van der Waals surface area contributed by atoms with Crippen molar-refractivity contribution in [2.75, 3.05) is 19.7 Å². The van der Waals surface area contributed by atoms with Crippen LogP contribution in [0, 0.1) is 11.8 Å². The van der Waals surface area contributed by atoms with E-state index in [0.717, 1.165) is 17.7 Å². The zero-order valence-corrected chi connectivity index (χ0v) is 16.4. The van der Waals surface area contributed by atoms with Gasteiger partial charge in [0.15, 0.2) is 11.2 Å². The molecule has 0 saturated carbocycles. The first-order valence-corrected chi connectivity index (χ1v) is 9.39. The van der Waals surface area contributed by atoms with Crippen molar-refractivity contribution >= 4 is 11.2 Å². The van der Waals surface area contributed by atoms with E-state index in [4.69, 9.17) is 0 Å². The molecule has 2 aromatic rings. The first-order chi connectivity index (χ1) is 12.7. The van der Waals surface area contributed by atoms with E-state index in [2.05, 4.69) is 23.7 Å². The summed E-state index contributed by atoms with van der Waals surface area (Å²) in [5, 5.41) is 19.3. The number of hydrogen-bond acceptors (Lipinski definition) is 6. The Morgan fingerprint density at radius 2 is 1.78 bits per heavy atom. The largest absolute Gasteiger partial charge is 0.394 e. The summed E-state index contributed by atoms with van der Waals surface area (Å²) in [5.74, 6) is 1.77. The van der Waals surface area contributed by atoms with Gasteiger partial charge in [-0.3, -0.25) is 18.8 Å². The third-order valence-corrected chi connectivity index (χ3v) is 5.34. The van der Waals surface area contributed by atoms with Gasteiger partial charge in [-0.05, 0) is 18.3 Å². The van der Waals surface area contributed by atoms with E-state index >= 15 is 0 Å². The highest BCUT2D eigenvalue weighted by atomic mass is 16.3. The second kappa shape index (κ2) is 7.57. The van der Waals surface area contributed by atoms with Crippen LogP contribution in [0.4, 0.5) is 0 Å². The lowest BCUT2D eigenvalue weighted by atomic mass is 9.92. The molecule has 1 fully saturated rings. The minimum atomic E-state index is -1.01. The van der Waals surface area contributed by atoms with Gasteiger partial charge >= 0.3 is 5.69 Å². The van der Waals surface area contributed by atoms with E-state index in [1.54, 1.807) is 11.6 Å². The van der Waals surface area contributed by atoms with Crippen molar-refractivity contribution in [2.24, 2.45) is 25.9 Å². The Balaban J connectivity index is 2.12. The molecule has 1 aliphatic heterocycles. The minimum Gasteiger partial charge on any atom is -0.394 e. The van der Waals surface area contributed by atoms with Crippen LogP contribution in [0.15, 0.2) is 9.59 Å². The lowest BCUT2D eigenvalue weighted by Crippen LogP contribution is -2.39. The van der Waals surface area contributed by atoms with Gasteiger partial charge in [0.25, 0.3) is 5.56 Å². The number of nitrogens with zero attached hydrogens (tertiary/aromatic N) is 5. The Morgan fingerprint density at radius 3 is 2.37 bits per heavy atom. The molecule has 3 heterocycles. The third-order valence-electron chi connectivity index (χ3n) is 5.34. The smallest absolute Gasteiger partial charge is 0.332 e. The third kappa shape index (κ3) is 3.71. The molecule has 2 N–H and O–H groups in total. The van der Waals surface area contributed by atoms with Crippen molar-refractivity contribution in [3.8, 4) is 0 Å². The normalized spacial score (nSPS) is 22.4. The lowest BCUT2D eigenvalue weighted by Gasteiger charge is -2.34. The highest BCUT2D eigenvalue weighted by Crippen LogP contribution is 2.23. The molecule has 27 heavy (non-hydrogen) atoms. The average molecular weight is 379 g/mol. The van der Waals surface area contributed by atoms with Crippen LogP contribution in [0.2, 0.25) is 0 Å². The summed E-state index contributed by atoms with van der Waals surface area (Å²) in [6, 6.07) is 0. The number of imidazole rings is 1. The van der Waals surface area contributed by atoms with E-state index in [-0.39, 0.29) is 12.1 Å². The summed E-state index contributed by atoms with van der Waals surface area (Å²) in [6.45, 7) is 6.48. The van der Waals surface area contributed by atoms with Gasteiger partial charge in [0.1, 0.15) is 5.82 Å². The summed E-state index contributed by atoms with van der Waals surface area (Å²) < 4.78 is 4.05. The van der Waals surface area contributed by atoms with Crippen molar-refractivity contribution < 1.29 is 10.2 Å². The van der Waals surface area contributed by atoms with Crippen LogP contribution in [0.5, 0.6) is 0 Å². The van der Waals surface area contributed by atoms with Crippen LogP contribution in [-0.2, 0) is 27.2 Å². The van der Waals surface area contributed by atoms with E-state index in [0.29, 0.717) is 29.9 Å². The minimum absolute atomic E-state index is 0.0503. The van der Waals surface area contributed by atoms with Crippen LogP contribution in [0.1, 0.15) is 26.1 Å². The van der Waals surface area contributed by atoms with Gasteiger partial charge in [-0.1, -0.05) is 13.8 Å². The molecule has 9 nitrogen and oxygen atoms in total. The molecule has 9 heteroatoms. The molecule has 3 atom stereocenters. The Morgan fingerprint density at radius 1 is 1.15 bits per heavy atom. The molecule has 0 radical (unpaired) electrons. The Kier molecular flexibility index (Phi) is 5.55. The van der Waals surface area contributed by atoms with Crippen LogP contribution in [-0.4, -0.2) is 59.6 Å². The van der Waals surface area contributed by atoms with Crippen molar-refractivity contribution in [1.82, 2.24) is 23.6 Å². The van der Waals surface area contributed by atoms with Crippen LogP contribution in [0.25, 0.3) is 11.2 Å².